The van der Waals surface area contributed by atoms with Gasteiger partial charge in [-0.25, -0.2) is 0 Å². The molecule has 2 fully saturated rings. The second-order valence-corrected chi connectivity index (χ2v) is 9.26. The molecule has 0 amide bonds. The van der Waals surface area contributed by atoms with E-state index in [-0.39, 0.29) is 35.2 Å². The number of carboxylic acids is 1. The van der Waals surface area contributed by atoms with E-state index >= 15 is 0 Å². The van der Waals surface area contributed by atoms with Crippen LogP contribution in [-0.4, -0.2) is 38.9 Å². The molecule has 4 nitrogen and oxygen atoms in total. The lowest BCUT2D eigenvalue weighted by molar-refractivity contribution is -0.137. The van der Waals surface area contributed by atoms with E-state index in [4.69, 9.17) is 16.7 Å². The topological polar surface area (TPSA) is 77.8 Å². The molecule has 0 radical (unpaired) electrons. The van der Waals surface area contributed by atoms with Crippen LogP contribution in [0.4, 0.5) is 0 Å². The Morgan fingerprint density at radius 1 is 1.29 bits per heavy atom. The van der Waals surface area contributed by atoms with Crippen LogP contribution in [0.1, 0.15) is 77.6 Å². The number of hydrogen-bond donors (Lipinski definition) is 3. The van der Waals surface area contributed by atoms with Crippen molar-refractivity contribution < 1.29 is 20.1 Å². The molecule has 0 aromatic heterocycles. The van der Waals surface area contributed by atoms with E-state index in [0.717, 1.165) is 38.5 Å². The highest BCUT2D eigenvalue weighted by molar-refractivity contribution is 6.21. The molecule has 0 spiro atoms. The Kier molecular flexibility index (Phi) is 9.52. The van der Waals surface area contributed by atoms with Crippen molar-refractivity contribution >= 4 is 17.6 Å². The van der Waals surface area contributed by atoms with Crippen LogP contribution < -0.4 is 0 Å². The molecule has 160 valence electrons. The van der Waals surface area contributed by atoms with Crippen LogP contribution in [-0.2, 0) is 4.79 Å². The Labute approximate surface area is 174 Å². The molecule has 28 heavy (non-hydrogen) atoms. The molecule has 5 heteroatoms. The Hall–Kier alpha value is -0.840. The molecule has 3 N–H and O–H groups in total. The van der Waals surface area contributed by atoms with Gasteiger partial charge in [0.1, 0.15) is 0 Å². The second-order valence-electron chi connectivity index (χ2n) is 8.70. The normalized spacial score (nSPS) is 30.7. The van der Waals surface area contributed by atoms with Crippen molar-refractivity contribution in [1.82, 2.24) is 0 Å². The zero-order valence-corrected chi connectivity index (χ0v) is 17.9. The minimum atomic E-state index is -0.761. The number of carbonyl (C=O) groups is 1. The summed E-state index contributed by atoms with van der Waals surface area (Å²) < 4.78 is 0. The molecule has 2 saturated carbocycles. The first kappa shape index (κ1) is 23.4. The molecular formula is C23H37ClO4. The van der Waals surface area contributed by atoms with Crippen molar-refractivity contribution in [2.45, 2.75) is 95.1 Å². The molecule has 2 rings (SSSR count). The number of aliphatic hydroxyl groups is 2. The smallest absolute Gasteiger partial charge is 0.303 e. The zero-order chi connectivity index (χ0) is 20.6. The van der Waals surface area contributed by atoms with Crippen molar-refractivity contribution in [2.75, 3.05) is 0 Å². The fourth-order valence-electron chi connectivity index (χ4n) is 4.90. The number of aliphatic carboxylic acids is 1. The number of carboxylic acid groups (broad SMARTS) is 1. The SMILES string of the molecule is CCCC1(C(O)C/C=C/[C@@H]2[C@@H](C/C=C\CCCC(=O)O)[C@@H](Cl)C[C@H]2O)CCC1. The van der Waals surface area contributed by atoms with Gasteiger partial charge in [-0.1, -0.05) is 44.1 Å². The largest absolute Gasteiger partial charge is 0.481 e. The first-order chi connectivity index (χ1) is 13.4. The van der Waals surface area contributed by atoms with E-state index in [1.807, 2.05) is 12.2 Å². The van der Waals surface area contributed by atoms with Gasteiger partial charge in [-0.05, 0) is 62.7 Å². The standard InChI is InChI=1S/C23H37ClO4/c1-2-13-23(14-8-15-23)21(26)11-7-10-18-17(19(24)16-20(18)25)9-5-3-4-6-12-22(27)28/h3,5,7,10,17-21,25-26H,2,4,6,8-9,11-16H2,1H3,(H,27,28)/b5-3-,10-7+/t17-,18-,19+,20-,21?/m1/s1. The lowest BCUT2D eigenvalue weighted by atomic mass is 9.62. The summed E-state index contributed by atoms with van der Waals surface area (Å²) in [7, 11) is 0. The summed E-state index contributed by atoms with van der Waals surface area (Å²) in [6, 6.07) is 0. The van der Waals surface area contributed by atoms with Crippen LogP contribution in [0.15, 0.2) is 24.3 Å². The van der Waals surface area contributed by atoms with Gasteiger partial charge in [-0.2, -0.15) is 0 Å². The Balaban J connectivity index is 1.84. The molecule has 0 aliphatic heterocycles. The Morgan fingerprint density at radius 3 is 2.64 bits per heavy atom. The predicted octanol–water partition coefficient (Wildman–Crippen LogP) is 5.07. The molecule has 0 aromatic rings. The third-order valence-corrected chi connectivity index (χ3v) is 7.23. The monoisotopic (exact) mass is 412 g/mol. The van der Waals surface area contributed by atoms with E-state index in [9.17, 15) is 15.0 Å². The minimum absolute atomic E-state index is 0.0156. The average Bonchev–Trinajstić information content (AvgIpc) is 2.87. The van der Waals surface area contributed by atoms with Crippen molar-refractivity contribution in [2.24, 2.45) is 17.3 Å². The summed E-state index contributed by atoms with van der Waals surface area (Å²) in [5.41, 5.74) is 0.112. The van der Waals surface area contributed by atoms with E-state index in [1.165, 1.54) is 6.42 Å². The van der Waals surface area contributed by atoms with Crippen LogP contribution in [0, 0.1) is 17.3 Å². The number of hydrogen-bond acceptors (Lipinski definition) is 3. The number of rotatable bonds is 12. The molecule has 2 aliphatic carbocycles. The molecule has 0 heterocycles. The van der Waals surface area contributed by atoms with E-state index in [2.05, 4.69) is 19.1 Å². The van der Waals surface area contributed by atoms with Crippen LogP contribution in [0.25, 0.3) is 0 Å². The van der Waals surface area contributed by atoms with Crippen molar-refractivity contribution in [3.05, 3.63) is 24.3 Å². The molecule has 1 unspecified atom stereocenters. The van der Waals surface area contributed by atoms with Crippen LogP contribution in [0.3, 0.4) is 0 Å². The lowest BCUT2D eigenvalue weighted by Crippen LogP contribution is -2.41. The molecule has 0 saturated heterocycles. The van der Waals surface area contributed by atoms with Crippen LogP contribution in [0.5, 0.6) is 0 Å². The molecule has 0 aromatic carbocycles. The number of allylic oxidation sites excluding steroid dienone is 2. The van der Waals surface area contributed by atoms with Gasteiger partial charge in [0.25, 0.3) is 0 Å². The summed E-state index contributed by atoms with van der Waals surface area (Å²) in [5, 5.41) is 29.7. The van der Waals surface area contributed by atoms with E-state index in [1.54, 1.807) is 0 Å². The molecule has 5 atom stereocenters. The van der Waals surface area contributed by atoms with Crippen molar-refractivity contribution in [1.29, 1.82) is 0 Å². The summed E-state index contributed by atoms with van der Waals surface area (Å²) >= 11 is 6.48. The summed E-state index contributed by atoms with van der Waals surface area (Å²) in [4.78, 5) is 10.5. The minimum Gasteiger partial charge on any atom is -0.481 e. The average molecular weight is 413 g/mol. The number of halogens is 1. The summed E-state index contributed by atoms with van der Waals surface area (Å²) in [6.07, 6.45) is 16.8. The highest BCUT2D eigenvalue weighted by atomic mass is 35.5. The second kappa shape index (κ2) is 11.4. The third-order valence-electron chi connectivity index (χ3n) is 6.73. The van der Waals surface area contributed by atoms with Gasteiger partial charge < -0.3 is 15.3 Å². The summed E-state index contributed by atoms with van der Waals surface area (Å²) in [5.74, 6) is -0.570. The Morgan fingerprint density at radius 2 is 2.04 bits per heavy atom. The lowest BCUT2D eigenvalue weighted by Gasteiger charge is -2.45. The maximum atomic E-state index is 10.7. The van der Waals surface area contributed by atoms with Gasteiger partial charge in [-0.15, -0.1) is 11.6 Å². The maximum Gasteiger partial charge on any atom is 0.303 e. The fourth-order valence-corrected chi connectivity index (χ4v) is 5.35. The predicted molar refractivity (Wildman–Crippen MR) is 113 cm³/mol. The quantitative estimate of drug-likeness (QED) is 0.237. The van der Waals surface area contributed by atoms with Crippen LogP contribution in [0.2, 0.25) is 0 Å². The summed E-state index contributed by atoms with van der Waals surface area (Å²) in [6.45, 7) is 2.18. The van der Waals surface area contributed by atoms with E-state index in [0.29, 0.717) is 19.3 Å². The highest BCUT2D eigenvalue weighted by Gasteiger charge is 2.42. The number of aliphatic hydroxyl groups excluding tert-OH is 2. The van der Waals surface area contributed by atoms with Gasteiger partial charge in [-0.3, -0.25) is 4.79 Å². The fraction of sp³-hybridized carbons (Fsp3) is 0.783. The van der Waals surface area contributed by atoms with E-state index < -0.39 is 12.1 Å². The third kappa shape index (κ3) is 6.33. The van der Waals surface area contributed by atoms with Crippen LogP contribution >= 0.6 is 11.6 Å². The molecule has 2 aliphatic rings. The Bertz CT molecular complexity index is 541. The zero-order valence-electron chi connectivity index (χ0n) is 17.1. The maximum absolute atomic E-state index is 10.7. The molecular weight excluding hydrogens is 376 g/mol. The highest BCUT2D eigenvalue weighted by Crippen LogP contribution is 2.48. The number of unbranched alkanes of at least 4 members (excludes halogenated alkanes) is 1. The first-order valence-corrected chi connectivity index (χ1v) is 11.4. The molecule has 0 bridgehead atoms. The van der Waals surface area contributed by atoms with Gasteiger partial charge in [0.15, 0.2) is 0 Å². The van der Waals surface area contributed by atoms with Gasteiger partial charge in [0.05, 0.1) is 12.2 Å². The first-order valence-electron chi connectivity index (χ1n) is 10.9. The van der Waals surface area contributed by atoms with Crippen molar-refractivity contribution in [3.63, 3.8) is 0 Å². The van der Waals surface area contributed by atoms with Gasteiger partial charge in [0.2, 0.25) is 0 Å². The van der Waals surface area contributed by atoms with Gasteiger partial charge >= 0.3 is 5.97 Å². The van der Waals surface area contributed by atoms with Crippen molar-refractivity contribution in [3.8, 4) is 0 Å². The van der Waals surface area contributed by atoms with Gasteiger partial charge in [0, 0.05) is 17.7 Å². The number of alkyl halides is 1.